The molecule has 1 saturated heterocycles. The van der Waals surface area contributed by atoms with Crippen molar-refractivity contribution in [2.45, 2.75) is 44.1 Å². The Balaban J connectivity index is 1.32. The van der Waals surface area contributed by atoms with Gasteiger partial charge in [0.2, 0.25) is 0 Å². The van der Waals surface area contributed by atoms with Gasteiger partial charge in [-0.2, -0.15) is 0 Å². The van der Waals surface area contributed by atoms with E-state index >= 15 is 0 Å². The van der Waals surface area contributed by atoms with Crippen LogP contribution in [0.25, 0.3) is 0 Å². The number of piperidine rings is 1. The molecule has 0 amide bonds. The molecule has 3 heteroatoms. The van der Waals surface area contributed by atoms with Crippen molar-refractivity contribution in [3.63, 3.8) is 0 Å². The lowest BCUT2D eigenvalue weighted by Crippen LogP contribution is -2.35. The molecule has 2 aromatic rings. The predicted octanol–water partition coefficient (Wildman–Crippen LogP) is 5.62. The Labute approximate surface area is 159 Å². The number of halogens is 1. The van der Waals surface area contributed by atoms with Gasteiger partial charge in [-0.15, -0.1) is 0 Å². The Morgan fingerprint density at radius 2 is 1.84 bits per heavy atom. The number of anilines is 1. The molecule has 0 aromatic heterocycles. The molecular formula is C22H27BrN2. The van der Waals surface area contributed by atoms with Crippen molar-refractivity contribution in [2.75, 3.05) is 25.0 Å². The van der Waals surface area contributed by atoms with E-state index in [1.807, 2.05) is 0 Å². The Morgan fingerprint density at radius 1 is 1.08 bits per heavy atom. The molecule has 0 unspecified atom stereocenters. The molecule has 2 nitrogen and oxygen atoms in total. The molecule has 2 atom stereocenters. The molecule has 1 fully saturated rings. The molecule has 2 aromatic carbocycles. The van der Waals surface area contributed by atoms with Gasteiger partial charge in [0.05, 0.1) is 0 Å². The lowest BCUT2D eigenvalue weighted by atomic mass is 9.88. The molecule has 25 heavy (non-hydrogen) atoms. The molecule has 0 bridgehead atoms. The first-order chi connectivity index (χ1) is 12.2. The van der Waals surface area contributed by atoms with Crippen molar-refractivity contribution in [3.8, 4) is 0 Å². The van der Waals surface area contributed by atoms with Crippen LogP contribution >= 0.6 is 15.9 Å². The molecule has 0 aliphatic carbocycles. The van der Waals surface area contributed by atoms with Gasteiger partial charge in [-0.25, -0.2) is 0 Å². The van der Waals surface area contributed by atoms with Crippen molar-refractivity contribution in [1.29, 1.82) is 0 Å². The first-order valence-electron chi connectivity index (χ1n) is 9.54. The zero-order valence-corrected chi connectivity index (χ0v) is 16.5. The van der Waals surface area contributed by atoms with Crippen molar-refractivity contribution in [3.05, 3.63) is 64.1 Å². The molecule has 2 aliphatic rings. The van der Waals surface area contributed by atoms with Crippen LogP contribution in [-0.2, 0) is 0 Å². The van der Waals surface area contributed by atoms with Gasteiger partial charge in [-0.3, -0.25) is 0 Å². The third-order valence-corrected chi connectivity index (χ3v) is 6.51. The van der Waals surface area contributed by atoms with Crippen LogP contribution in [0.5, 0.6) is 0 Å². The minimum absolute atomic E-state index is 0.533. The van der Waals surface area contributed by atoms with Gasteiger partial charge in [0.15, 0.2) is 0 Å². The normalized spacial score (nSPS) is 24.1. The van der Waals surface area contributed by atoms with E-state index in [2.05, 4.69) is 81.6 Å². The molecule has 2 heterocycles. The van der Waals surface area contributed by atoms with Crippen LogP contribution in [0.3, 0.4) is 0 Å². The van der Waals surface area contributed by atoms with E-state index in [0.717, 1.165) is 5.92 Å². The highest BCUT2D eigenvalue weighted by Gasteiger charge is 2.30. The van der Waals surface area contributed by atoms with E-state index in [1.165, 1.54) is 60.2 Å². The number of nitrogens with zero attached hydrogens (tertiary/aromatic N) is 1. The summed E-state index contributed by atoms with van der Waals surface area (Å²) in [5.41, 5.74) is 4.33. The highest BCUT2D eigenvalue weighted by Crippen LogP contribution is 2.39. The fraction of sp³-hybridized carbons (Fsp3) is 0.455. The van der Waals surface area contributed by atoms with Gasteiger partial charge in [0.1, 0.15) is 0 Å². The predicted molar refractivity (Wildman–Crippen MR) is 109 cm³/mol. The van der Waals surface area contributed by atoms with E-state index in [0.29, 0.717) is 12.0 Å². The largest absolute Gasteiger partial charge is 0.382 e. The topological polar surface area (TPSA) is 15.3 Å². The molecule has 0 spiro atoms. The molecule has 132 valence electrons. The summed E-state index contributed by atoms with van der Waals surface area (Å²) >= 11 is 3.63. The SMILES string of the molecule is C[C@@H]1Nc2ccc(Br)cc2[C@@H]1CCN1CCC(c2ccccc2)CC1. The van der Waals surface area contributed by atoms with Crippen molar-refractivity contribution >= 4 is 21.6 Å². The highest BCUT2D eigenvalue weighted by molar-refractivity contribution is 9.10. The molecular weight excluding hydrogens is 372 g/mol. The Hall–Kier alpha value is -1.32. The maximum absolute atomic E-state index is 3.65. The molecule has 0 saturated carbocycles. The lowest BCUT2D eigenvalue weighted by Gasteiger charge is -2.33. The fourth-order valence-electron chi connectivity index (χ4n) is 4.53. The van der Waals surface area contributed by atoms with Crippen LogP contribution in [0, 0.1) is 0 Å². The summed E-state index contributed by atoms with van der Waals surface area (Å²) in [6, 6.07) is 18.2. The van der Waals surface area contributed by atoms with Crippen LogP contribution in [0.15, 0.2) is 53.0 Å². The summed E-state index contributed by atoms with van der Waals surface area (Å²) < 4.78 is 1.19. The van der Waals surface area contributed by atoms with Crippen LogP contribution in [0.4, 0.5) is 5.69 Å². The zero-order valence-electron chi connectivity index (χ0n) is 14.9. The summed E-state index contributed by atoms with van der Waals surface area (Å²) in [5.74, 6) is 1.38. The number of benzene rings is 2. The van der Waals surface area contributed by atoms with Gasteiger partial charge in [0, 0.05) is 22.1 Å². The van der Waals surface area contributed by atoms with Crippen molar-refractivity contribution in [2.24, 2.45) is 0 Å². The summed E-state index contributed by atoms with van der Waals surface area (Å²) in [4.78, 5) is 2.67. The van der Waals surface area contributed by atoms with Crippen LogP contribution < -0.4 is 5.32 Å². The molecule has 0 radical (unpaired) electrons. The maximum atomic E-state index is 3.65. The summed E-state index contributed by atoms with van der Waals surface area (Å²) in [5, 5.41) is 3.65. The second kappa shape index (κ2) is 7.51. The van der Waals surface area contributed by atoms with Gasteiger partial charge in [-0.1, -0.05) is 46.3 Å². The average molecular weight is 399 g/mol. The molecule has 1 N–H and O–H groups in total. The van der Waals surface area contributed by atoms with Gasteiger partial charge < -0.3 is 10.2 Å². The third kappa shape index (κ3) is 3.78. The summed E-state index contributed by atoms with van der Waals surface area (Å²) in [6.07, 6.45) is 3.84. The molecule has 2 aliphatic heterocycles. The van der Waals surface area contributed by atoms with Crippen molar-refractivity contribution in [1.82, 2.24) is 4.90 Å². The first kappa shape index (κ1) is 17.1. The average Bonchev–Trinajstić information content (AvgIpc) is 2.96. The number of fused-ring (bicyclic) bond motifs is 1. The van der Waals surface area contributed by atoms with Crippen molar-refractivity contribution < 1.29 is 0 Å². The van der Waals surface area contributed by atoms with Crippen LogP contribution in [-0.4, -0.2) is 30.6 Å². The Morgan fingerprint density at radius 3 is 2.60 bits per heavy atom. The van der Waals surface area contributed by atoms with E-state index in [4.69, 9.17) is 0 Å². The maximum Gasteiger partial charge on any atom is 0.0379 e. The minimum Gasteiger partial charge on any atom is -0.382 e. The lowest BCUT2D eigenvalue weighted by molar-refractivity contribution is 0.204. The standard InChI is InChI=1S/C22H27BrN2/c1-16-20(21-15-19(23)7-8-22(21)24-16)11-14-25-12-9-18(10-13-25)17-5-3-2-4-6-17/h2-8,15-16,18,20,24H,9-14H2,1H3/t16-,20+/m0/s1. The van der Waals surface area contributed by atoms with Gasteiger partial charge in [0.25, 0.3) is 0 Å². The fourth-order valence-corrected chi connectivity index (χ4v) is 4.91. The second-order valence-electron chi connectivity index (χ2n) is 7.59. The molecule has 4 rings (SSSR count). The van der Waals surface area contributed by atoms with Gasteiger partial charge in [-0.05, 0) is 81.1 Å². The Bertz CT molecular complexity index is 707. The van der Waals surface area contributed by atoms with E-state index in [1.54, 1.807) is 0 Å². The number of hydrogen-bond donors (Lipinski definition) is 1. The summed E-state index contributed by atoms with van der Waals surface area (Å²) in [7, 11) is 0. The Kier molecular flexibility index (Phi) is 5.14. The first-order valence-corrected chi connectivity index (χ1v) is 10.3. The van der Waals surface area contributed by atoms with Gasteiger partial charge >= 0.3 is 0 Å². The third-order valence-electron chi connectivity index (χ3n) is 6.01. The highest BCUT2D eigenvalue weighted by atomic mass is 79.9. The smallest absolute Gasteiger partial charge is 0.0379 e. The zero-order chi connectivity index (χ0) is 17.2. The quantitative estimate of drug-likeness (QED) is 0.718. The van der Waals surface area contributed by atoms with E-state index in [9.17, 15) is 0 Å². The monoisotopic (exact) mass is 398 g/mol. The second-order valence-corrected chi connectivity index (χ2v) is 8.50. The van der Waals surface area contributed by atoms with Crippen LogP contribution in [0.2, 0.25) is 0 Å². The number of rotatable bonds is 4. The summed E-state index contributed by atoms with van der Waals surface area (Å²) in [6.45, 7) is 6.00. The number of nitrogens with one attached hydrogen (secondary N) is 1. The minimum atomic E-state index is 0.533. The van der Waals surface area contributed by atoms with E-state index in [-0.39, 0.29) is 0 Å². The van der Waals surface area contributed by atoms with E-state index < -0.39 is 0 Å². The van der Waals surface area contributed by atoms with Crippen LogP contribution in [0.1, 0.15) is 49.1 Å². The number of likely N-dealkylation sites (tertiary alicyclic amines) is 1. The number of hydrogen-bond acceptors (Lipinski definition) is 2.